The summed E-state index contributed by atoms with van der Waals surface area (Å²) in [7, 11) is 0. The van der Waals surface area contributed by atoms with Gasteiger partial charge in [0.1, 0.15) is 17.6 Å². The number of hydrogen-bond acceptors (Lipinski definition) is 3. The molecule has 0 saturated carbocycles. The highest BCUT2D eigenvalue weighted by Gasteiger charge is 2.29. The molecule has 2 aromatic heterocycles. The van der Waals surface area contributed by atoms with Gasteiger partial charge in [0.15, 0.2) is 0 Å². The van der Waals surface area contributed by atoms with Crippen LogP contribution < -0.4 is 5.56 Å². The minimum absolute atomic E-state index is 0.0852. The Morgan fingerprint density at radius 1 is 1.47 bits per heavy atom. The molecule has 0 aliphatic carbocycles. The van der Waals surface area contributed by atoms with Gasteiger partial charge in [0.25, 0.3) is 5.56 Å². The molecule has 0 saturated heterocycles. The van der Waals surface area contributed by atoms with Crippen molar-refractivity contribution in [3.8, 4) is 0 Å². The Bertz CT molecular complexity index is 541. The summed E-state index contributed by atoms with van der Waals surface area (Å²) in [6, 6.07) is 1.35. The van der Waals surface area contributed by atoms with Crippen LogP contribution in [0.5, 0.6) is 0 Å². The normalized spacial score (nSPS) is 12.2. The number of halogens is 3. The van der Waals surface area contributed by atoms with E-state index in [1.165, 1.54) is 12.3 Å². The predicted octanol–water partition coefficient (Wildman–Crippen LogP) is 1.62. The fourth-order valence-electron chi connectivity index (χ4n) is 1.18. The second-order valence-corrected chi connectivity index (χ2v) is 2.94. The Morgan fingerprint density at radius 2 is 2.20 bits per heavy atom. The summed E-state index contributed by atoms with van der Waals surface area (Å²) in [6.45, 7) is 0. The molecule has 0 aromatic carbocycles. The topological polar surface area (TPSA) is 58.9 Å². The van der Waals surface area contributed by atoms with E-state index in [1.54, 1.807) is 0 Å². The van der Waals surface area contributed by atoms with Crippen molar-refractivity contribution >= 4 is 11.1 Å². The van der Waals surface area contributed by atoms with Gasteiger partial charge in [-0.05, 0) is 6.07 Å². The number of H-pyrrole nitrogens is 1. The van der Waals surface area contributed by atoms with Crippen molar-refractivity contribution in [3.63, 3.8) is 0 Å². The molecule has 0 amide bonds. The lowest BCUT2D eigenvalue weighted by Crippen LogP contribution is -2.18. The highest BCUT2D eigenvalue weighted by molar-refractivity contribution is 5.71. The van der Waals surface area contributed by atoms with Gasteiger partial charge in [-0.3, -0.25) is 4.79 Å². The highest BCUT2D eigenvalue weighted by Crippen LogP contribution is 2.19. The average molecular weight is 218 g/mol. The van der Waals surface area contributed by atoms with Crippen LogP contribution in [0.1, 0.15) is 5.82 Å². The fourth-order valence-corrected chi connectivity index (χ4v) is 1.18. The fraction of sp³-hybridized carbons (Fsp3) is 0.250. The Balaban J connectivity index is 2.50. The lowest BCUT2D eigenvalue weighted by atomic mass is 10.3. The van der Waals surface area contributed by atoms with E-state index in [-0.39, 0.29) is 11.1 Å². The van der Waals surface area contributed by atoms with Gasteiger partial charge >= 0.3 is 6.18 Å². The van der Waals surface area contributed by atoms with E-state index in [1.807, 2.05) is 4.98 Å². The van der Waals surface area contributed by atoms with Gasteiger partial charge in [0.05, 0.1) is 6.26 Å². The van der Waals surface area contributed by atoms with E-state index in [4.69, 9.17) is 4.42 Å². The number of nitrogens with zero attached hydrogens (tertiary/aromatic N) is 1. The Kier molecular flexibility index (Phi) is 2.02. The van der Waals surface area contributed by atoms with Crippen LogP contribution in [0.4, 0.5) is 13.2 Å². The van der Waals surface area contributed by atoms with Crippen molar-refractivity contribution in [2.45, 2.75) is 12.6 Å². The summed E-state index contributed by atoms with van der Waals surface area (Å²) in [5.74, 6) is -0.449. The van der Waals surface area contributed by atoms with E-state index in [0.29, 0.717) is 0 Å². The average Bonchev–Trinajstić information content (AvgIpc) is 2.48. The molecule has 0 aliphatic rings. The van der Waals surface area contributed by atoms with Gasteiger partial charge in [-0.15, -0.1) is 0 Å². The number of rotatable bonds is 1. The largest absolute Gasteiger partial charge is 0.446 e. The molecule has 0 fully saturated rings. The number of alkyl halides is 3. The number of aromatic nitrogens is 2. The van der Waals surface area contributed by atoms with Crippen LogP contribution in [0.25, 0.3) is 11.1 Å². The van der Waals surface area contributed by atoms with E-state index < -0.39 is 24.0 Å². The number of fused-ring (bicyclic) bond motifs is 1. The van der Waals surface area contributed by atoms with Gasteiger partial charge in [0, 0.05) is 0 Å². The van der Waals surface area contributed by atoms with E-state index >= 15 is 0 Å². The molecular formula is C8H5F3N2O2. The third-order valence-electron chi connectivity index (χ3n) is 1.75. The predicted molar refractivity (Wildman–Crippen MR) is 44.4 cm³/mol. The highest BCUT2D eigenvalue weighted by atomic mass is 19.4. The quantitative estimate of drug-likeness (QED) is 0.791. The molecule has 0 atom stereocenters. The Hall–Kier alpha value is -1.79. The number of hydrogen-bond donors (Lipinski definition) is 1. The van der Waals surface area contributed by atoms with Crippen LogP contribution >= 0.6 is 0 Å². The third kappa shape index (κ3) is 2.00. The van der Waals surface area contributed by atoms with Crippen molar-refractivity contribution in [1.82, 2.24) is 9.97 Å². The third-order valence-corrected chi connectivity index (χ3v) is 1.75. The minimum atomic E-state index is -4.41. The van der Waals surface area contributed by atoms with Gasteiger partial charge in [-0.2, -0.15) is 18.2 Å². The molecule has 4 nitrogen and oxygen atoms in total. The number of nitrogens with one attached hydrogen (secondary N) is 1. The van der Waals surface area contributed by atoms with Crippen molar-refractivity contribution in [2.75, 3.05) is 0 Å². The molecular weight excluding hydrogens is 213 g/mol. The zero-order valence-corrected chi connectivity index (χ0v) is 7.26. The van der Waals surface area contributed by atoms with Crippen molar-refractivity contribution in [2.24, 2.45) is 0 Å². The van der Waals surface area contributed by atoms with Crippen LogP contribution in [-0.4, -0.2) is 16.1 Å². The van der Waals surface area contributed by atoms with Gasteiger partial charge in [0.2, 0.25) is 5.71 Å². The molecule has 0 bridgehead atoms. The monoisotopic (exact) mass is 218 g/mol. The SMILES string of the molecule is O=c1[nH]c(CC(F)(F)F)nc2occc12. The number of furan rings is 1. The van der Waals surface area contributed by atoms with Crippen molar-refractivity contribution in [1.29, 1.82) is 0 Å². The van der Waals surface area contributed by atoms with E-state index in [0.717, 1.165) is 0 Å². The summed E-state index contributed by atoms with van der Waals surface area (Å²) >= 11 is 0. The minimum Gasteiger partial charge on any atom is -0.446 e. The molecule has 0 aliphatic heterocycles. The smallest absolute Gasteiger partial charge is 0.396 e. The maximum Gasteiger partial charge on any atom is 0.396 e. The number of aromatic amines is 1. The maximum atomic E-state index is 12.0. The Morgan fingerprint density at radius 3 is 2.87 bits per heavy atom. The van der Waals surface area contributed by atoms with Gasteiger partial charge in [-0.1, -0.05) is 0 Å². The summed E-state index contributed by atoms with van der Waals surface area (Å²) < 4.78 is 40.8. The lowest BCUT2D eigenvalue weighted by Gasteiger charge is -2.04. The van der Waals surface area contributed by atoms with E-state index in [2.05, 4.69) is 4.98 Å². The first-order valence-electron chi connectivity index (χ1n) is 3.99. The van der Waals surface area contributed by atoms with Crippen LogP contribution in [0.2, 0.25) is 0 Å². The molecule has 0 spiro atoms. The standard InChI is InChI=1S/C8H5F3N2O2/c9-8(10,11)3-5-12-6(14)4-1-2-15-7(4)13-5/h1-2H,3H2,(H,12,13,14). The summed E-state index contributed by atoms with van der Waals surface area (Å²) in [5, 5.41) is 0.140. The zero-order chi connectivity index (χ0) is 11.1. The zero-order valence-electron chi connectivity index (χ0n) is 7.26. The molecule has 2 rings (SSSR count). The Labute approximate surface area is 80.7 Å². The molecule has 0 radical (unpaired) electrons. The van der Waals surface area contributed by atoms with Crippen LogP contribution in [0, 0.1) is 0 Å². The second kappa shape index (κ2) is 3.11. The van der Waals surface area contributed by atoms with Crippen molar-refractivity contribution in [3.05, 3.63) is 28.5 Å². The van der Waals surface area contributed by atoms with Gasteiger partial charge in [-0.25, -0.2) is 0 Å². The molecule has 80 valence electrons. The summed E-state index contributed by atoms with van der Waals surface area (Å²) in [5.41, 5.74) is -0.717. The summed E-state index contributed by atoms with van der Waals surface area (Å²) in [4.78, 5) is 16.8. The molecule has 1 N–H and O–H groups in total. The second-order valence-electron chi connectivity index (χ2n) is 2.94. The lowest BCUT2D eigenvalue weighted by molar-refractivity contribution is -0.128. The van der Waals surface area contributed by atoms with Crippen LogP contribution in [0.3, 0.4) is 0 Å². The van der Waals surface area contributed by atoms with Crippen molar-refractivity contribution < 1.29 is 17.6 Å². The first-order valence-corrected chi connectivity index (χ1v) is 3.99. The first-order chi connectivity index (χ1) is 6.96. The van der Waals surface area contributed by atoms with Crippen LogP contribution in [0.15, 0.2) is 21.5 Å². The van der Waals surface area contributed by atoms with Gasteiger partial charge < -0.3 is 9.40 Å². The first kappa shape index (κ1) is 9.75. The summed E-state index contributed by atoms with van der Waals surface area (Å²) in [6.07, 6.45) is -4.49. The maximum absolute atomic E-state index is 12.0. The molecule has 0 unspecified atom stereocenters. The molecule has 2 heterocycles. The molecule has 15 heavy (non-hydrogen) atoms. The molecule has 2 aromatic rings. The van der Waals surface area contributed by atoms with E-state index in [9.17, 15) is 18.0 Å². The van der Waals surface area contributed by atoms with Crippen LogP contribution in [-0.2, 0) is 6.42 Å². The molecule has 7 heteroatoms.